The predicted octanol–water partition coefficient (Wildman–Crippen LogP) is 1.50. The van der Waals surface area contributed by atoms with Crippen molar-refractivity contribution in [1.82, 2.24) is 20.5 Å². The molecule has 3 rings (SSSR count). The van der Waals surface area contributed by atoms with E-state index in [2.05, 4.69) is 25.8 Å². The van der Waals surface area contributed by atoms with Crippen LogP contribution >= 0.6 is 11.3 Å². The van der Waals surface area contributed by atoms with Gasteiger partial charge in [0.25, 0.3) is 5.91 Å². The number of aryl methyl sites for hydroxylation is 1. The van der Waals surface area contributed by atoms with Gasteiger partial charge < -0.3 is 10.6 Å². The highest BCUT2D eigenvalue weighted by atomic mass is 32.1. The lowest BCUT2D eigenvalue weighted by Gasteiger charge is -2.11. The summed E-state index contributed by atoms with van der Waals surface area (Å²) in [6, 6.07) is 0. The van der Waals surface area contributed by atoms with E-state index in [1.807, 2.05) is 0 Å². The average Bonchev–Trinajstić information content (AvgIpc) is 3.16. The Kier molecular flexibility index (Phi) is 4.47. The number of hydrogen-bond acceptors (Lipinski definition) is 5. The van der Waals surface area contributed by atoms with Gasteiger partial charge in [-0.25, -0.2) is 4.98 Å². The molecule has 0 aromatic carbocycles. The molecule has 8 heteroatoms. The van der Waals surface area contributed by atoms with Crippen molar-refractivity contribution in [2.45, 2.75) is 32.1 Å². The fourth-order valence-corrected chi connectivity index (χ4v) is 3.05. The molecular weight excluding hydrogens is 302 g/mol. The number of hydrogen-bond donors (Lipinski definition) is 3. The summed E-state index contributed by atoms with van der Waals surface area (Å²) in [5, 5.41) is 14.8. The number of anilines is 1. The number of carbonyl (C=O) groups excluding carboxylic acids is 2. The Balaban J connectivity index is 1.48. The summed E-state index contributed by atoms with van der Waals surface area (Å²) in [6.07, 6.45) is 5.89. The van der Waals surface area contributed by atoms with Gasteiger partial charge in [-0.3, -0.25) is 14.7 Å². The Morgan fingerprint density at radius 2 is 2.18 bits per heavy atom. The van der Waals surface area contributed by atoms with Crippen molar-refractivity contribution in [2.24, 2.45) is 0 Å². The second kappa shape index (κ2) is 6.69. The SMILES string of the molecule is O=C(CCNC(=O)c1n[nH]c2c1CCCC2)Nc1nccs1. The molecule has 1 aliphatic rings. The monoisotopic (exact) mass is 319 g/mol. The zero-order valence-corrected chi connectivity index (χ0v) is 12.8. The van der Waals surface area contributed by atoms with Gasteiger partial charge in [0.2, 0.25) is 5.91 Å². The Hall–Kier alpha value is -2.22. The van der Waals surface area contributed by atoms with Crippen LogP contribution in [0.5, 0.6) is 0 Å². The van der Waals surface area contributed by atoms with E-state index < -0.39 is 0 Å². The molecule has 0 saturated carbocycles. The lowest BCUT2D eigenvalue weighted by atomic mass is 9.96. The van der Waals surface area contributed by atoms with Crippen LogP contribution in [-0.4, -0.2) is 33.5 Å². The van der Waals surface area contributed by atoms with Crippen LogP contribution in [0.15, 0.2) is 11.6 Å². The molecule has 0 fully saturated rings. The molecule has 2 aromatic rings. The number of nitrogens with one attached hydrogen (secondary N) is 3. The molecule has 116 valence electrons. The van der Waals surface area contributed by atoms with Gasteiger partial charge in [0.1, 0.15) is 0 Å². The van der Waals surface area contributed by atoms with Crippen molar-refractivity contribution in [1.29, 1.82) is 0 Å². The minimum atomic E-state index is -0.221. The van der Waals surface area contributed by atoms with Crippen molar-refractivity contribution in [3.63, 3.8) is 0 Å². The number of aromatic amines is 1. The van der Waals surface area contributed by atoms with Gasteiger partial charge in [0.15, 0.2) is 10.8 Å². The highest BCUT2D eigenvalue weighted by Crippen LogP contribution is 2.21. The maximum atomic E-state index is 12.1. The third-order valence-electron chi connectivity index (χ3n) is 3.59. The van der Waals surface area contributed by atoms with E-state index >= 15 is 0 Å². The molecule has 0 radical (unpaired) electrons. The molecule has 0 saturated heterocycles. The van der Waals surface area contributed by atoms with Crippen molar-refractivity contribution >= 4 is 28.3 Å². The van der Waals surface area contributed by atoms with Gasteiger partial charge in [0, 0.05) is 35.8 Å². The summed E-state index contributed by atoms with van der Waals surface area (Å²) in [7, 11) is 0. The zero-order valence-electron chi connectivity index (χ0n) is 12.0. The average molecular weight is 319 g/mol. The Bertz CT molecular complexity index is 665. The molecule has 1 aliphatic carbocycles. The van der Waals surface area contributed by atoms with Crippen molar-refractivity contribution in [2.75, 3.05) is 11.9 Å². The van der Waals surface area contributed by atoms with Crippen molar-refractivity contribution in [3.05, 3.63) is 28.5 Å². The topological polar surface area (TPSA) is 99.8 Å². The fraction of sp³-hybridized carbons (Fsp3) is 0.429. The smallest absolute Gasteiger partial charge is 0.272 e. The van der Waals surface area contributed by atoms with Gasteiger partial charge in [-0.05, 0) is 25.7 Å². The number of H-pyrrole nitrogens is 1. The fourth-order valence-electron chi connectivity index (χ4n) is 2.51. The third kappa shape index (κ3) is 3.33. The molecule has 0 atom stereocenters. The number of fused-ring (bicyclic) bond motifs is 1. The van der Waals surface area contributed by atoms with Gasteiger partial charge in [0.05, 0.1) is 0 Å². The second-order valence-electron chi connectivity index (χ2n) is 5.13. The highest BCUT2D eigenvalue weighted by molar-refractivity contribution is 7.13. The van der Waals surface area contributed by atoms with Crippen LogP contribution in [0.4, 0.5) is 5.13 Å². The number of aromatic nitrogens is 3. The first-order valence-corrected chi connectivity index (χ1v) is 8.15. The number of thiazole rings is 1. The number of carbonyl (C=O) groups is 2. The molecule has 0 unspecified atom stereocenters. The normalized spacial score (nSPS) is 13.5. The summed E-state index contributed by atoms with van der Waals surface area (Å²) in [5.41, 5.74) is 2.56. The van der Waals surface area contributed by atoms with Crippen molar-refractivity contribution < 1.29 is 9.59 Å². The highest BCUT2D eigenvalue weighted by Gasteiger charge is 2.21. The van der Waals surface area contributed by atoms with E-state index in [-0.39, 0.29) is 24.8 Å². The number of rotatable bonds is 5. The molecule has 2 heterocycles. The summed E-state index contributed by atoms with van der Waals surface area (Å²) in [5.74, 6) is -0.388. The summed E-state index contributed by atoms with van der Waals surface area (Å²) < 4.78 is 0. The molecular formula is C14H17N5O2S. The van der Waals surface area contributed by atoms with E-state index in [4.69, 9.17) is 0 Å². The van der Waals surface area contributed by atoms with E-state index in [0.29, 0.717) is 10.8 Å². The number of amides is 2. The van der Waals surface area contributed by atoms with Crippen LogP contribution < -0.4 is 10.6 Å². The first kappa shape index (κ1) is 14.7. The molecule has 0 aliphatic heterocycles. The predicted molar refractivity (Wildman–Crippen MR) is 82.9 cm³/mol. The first-order chi connectivity index (χ1) is 10.7. The molecule has 2 aromatic heterocycles. The molecule has 2 amide bonds. The lowest BCUT2D eigenvalue weighted by molar-refractivity contribution is -0.116. The van der Waals surface area contributed by atoms with Gasteiger partial charge >= 0.3 is 0 Å². The van der Waals surface area contributed by atoms with Gasteiger partial charge in [-0.1, -0.05) is 0 Å². The molecule has 22 heavy (non-hydrogen) atoms. The van der Waals surface area contributed by atoms with Crippen molar-refractivity contribution in [3.8, 4) is 0 Å². The summed E-state index contributed by atoms with van der Waals surface area (Å²) in [6.45, 7) is 0.275. The Morgan fingerprint density at radius 1 is 1.32 bits per heavy atom. The standard InChI is InChI=1S/C14H17N5O2S/c20-11(17-14-16-7-8-22-14)5-6-15-13(21)12-9-3-1-2-4-10(9)18-19-12/h7-8H,1-6H2,(H,15,21)(H,18,19)(H,16,17,20). The maximum absolute atomic E-state index is 12.1. The Morgan fingerprint density at radius 3 is 3.00 bits per heavy atom. The molecule has 3 N–H and O–H groups in total. The molecule has 0 bridgehead atoms. The van der Waals surface area contributed by atoms with Crippen LogP contribution in [0.2, 0.25) is 0 Å². The lowest BCUT2D eigenvalue weighted by Crippen LogP contribution is -2.28. The minimum absolute atomic E-state index is 0.167. The van der Waals surface area contributed by atoms with E-state index in [0.717, 1.165) is 36.9 Å². The first-order valence-electron chi connectivity index (χ1n) is 7.27. The quantitative estimate of drug-likeness (QED) is 0.777. The summed E-state index contributed by atoms with van der Waals surface area (Å²) >= 11 is 1.36. The minimum Gasteiger partial charge on any atom is -0.350 e. The van der Waals surface area contributed by atoms with E-state index in [1.165, 1.54) is 11.3 Å². The number of nitrogens with zero attached hydrogens (tertiary/aromatic N) is 2. The van der Waals surface area contributed by atoms with Crippen LogP contribution in [-0.2, 0) is 17.6 Å². The zero-order chi connectivity index (χ0) is 15.4. The van der Waals surface area contributed by atoms with Gasteiger partial charge in [-0.15, -0.1) is 11.3 Å². The molecule has 7 nitrogen and oxygen atoms in total. The second-order valence-corrected chi connectivity index (χ2v) is 6.02. The van der Waals surface area contributed by atoms with Crippen LogP contribution in [0.1, 0.15) is 41.0 Å². The largest absolute Gasteiger partial charge is 0.350 e. The third-order valence-corrected chi connectivity index (χ3v) is 4.28. The Labute approximate surface area is 131 Å². The maximum Gasteiger partial charge on any atom is 0.272 e. The summed E-state index contributed by atoms with van der Waals surface area (Å²) in [4.78, 5) is 27.8. The molecule has 0 spiro atoms. The van der Waals surface area contributed by atoms with Gasteiger partial charge in [-0.2, -0.15) is 5.10 Å². The van der Waals surface area contributed by atoms with Crippen LogP contribution in [0, 0.1) is 0 Å². The van der Waals surface area contributed by atoms with Crippen LogP contribution in [0.25, 0.3) is 0 Å². The van der Waals surface area contributed by atoms with Crippen LogP contribution in [0.3, 0.4) is 0 Å². The van der Waals surface area contributed by atoms with E-state index in [9.17, 15) is 9.59 Å². The van der Waals surface area contributed by atoms with E-state index in [1.54, 1.807) is 11.6 Å².